The molecule has 0 amide bonds. The Morgan fingerprint density at radius 2 is 2.15 bits per heavy atom. The van der Waals surface area contributed by atoms with Crippen molar-refractivity contribution in [2.45, 2.75) is 25.3 Å². The maximum absolute atomic E-state index is 11.3. The van der Waals surface area contributed by atoms with Gasteiger partial charge in [0, 0.05) is 17.7 Å². The number of nitro groups is 1. The van der Waals surface area contributed by atoms with Crippen LogP contribution in [-0.2, 0) is 0 Å². The summed E-state index contributed by atoms with van der Waals surface area (Å²) in [6.07, 6.45) is 5.35. The van der Waals surface area contributed by atoms with E-state index in [9.17, 15) is 10.1 Å². The van der Waals surface area contributed by atoms with Crippen molar-refractivity contribution in [3.63, 3.8) is 0 Å². The third-order valence-electron chi connectivity index (χ3n) is 5.17. The van der Waals surface area contributed by atoms with Crippen molar-refractivity contribution in [3.8, 4) is 5.75 Å². The van der Waals surface area contributed by atoms with E-state index in [2.05, 4.69) is 23.5 Å². The van der Waals surface area contributed by atoms with Gasteiger partial charge in [0.25, 0.3) is 5.69 Å². The fourth-order valence-corrected chi connectivity index (χ4v) is 4.21. The first-order chi connectivity index (χ1) is 12.6. The number of anilines is 1. The number of nitrogens with zero attached hydrogens (tertiary/aromatic N) is 1. The quantitative estimate of drug-likeness (QED) is 0.440. The fraction of sp³-hybridized carbons (Fsp3) is 0.300. The Balaban J connectivity index is 1.74. The van der Waals surface area contributed by atoms with Gasteiger partial charge in [-0.25, -0.2) is 0 Å². The lowest BCUT2D eigenvalue weighted by Crippen LogP contribution is -2.29. The van der Waals surface area contributed by atoms with Crippen molar-refractivity contribution in [1.82, 2.24) is 0 Å². The minimum atomic E-state index is -0.429. The molecule has 134 valence electrons. The lowest BCUT2D eigenvalue weighted by molar-refractivity contribution is -0.384. The summed E-state index contributed by atoms with van der Waals surface area (Å²) in [5.41, 5.74) is 3.10. The Morgan fingerprint density at radius 1 is 1.31 bits per heavy atom. The molecule has 1 N–H and O–H groups in total. The van der Waals surface area contributed by atoms with E-state index in [4.69, 9.17) is 16.3 Å². The van der Waals surface area contributed by atoms with E-state index < -0.39 is 4.92 Å². The average Bonchev–Trinajstić information content (AvgIpc) is 3.12. The van der Waals surface area contributed by atoms with Crippen LogP contribution in [0.5, 0.6) is 5.75 Å². The predicted molar refractivity (Wildman–Crippen MR) is 102 cm³/mol. The summed E-state index contributed by atoms with van der Waals surface area (Å²) in [6, 6.07) is 11.2. The number of ether oxygens (including phenoxy) is 1. The number of allylic oxidation sites excluding steroid dienone is 2. The largest absolute Gasteiger partial charge is 0.494 e. The lowest BCUT2D eigenvalue weighted by atomic mass is 9.77. The Kier molecular flexibility index (Phi) is 4.32. The zero-order chi connectivity index (χ0) is 18.3. The summed E-state index contributed by atoms with van der Waals surface area (Å²) < 4.78 is 5.65. The van der Waals surface area contributed by atoms with Crippen molar-refractivity contribution in [2.24, 2.45) is 5.92 Å². The molecule has 2 aliphatic rings. The van der Waals surface area contributed by atoms with Gasteiger partial charge in [-0.2, -0.15) is 0 Å². The Bertz CT molecular complexity index is 897. The van der Waals surface area contributed by atoms with Crippen LogP contribution in [0.4, 0.5) is 11.4 Å². The summed E-state index contributed by atoms with van der Waals surface area (Å²) in [6.45, 7) is 2.60. The molecule has 0 bridgehead atoms. The van der Waals surface area contributed by atoms with Gasteiger partial charge in [0.1, 0.15) is 10.8 Å². The number of benzene rings is 2. The second-order valence-corrected chi connectivity index (χ2v) is 7.03. The topological polar surface area (TPSA) is 64.4 Å². The zero-order valence-corrected chi connectivity index (χ0v) is 15.1. The van der Waals surface area contributed by atoms with Gasteiger partial charge in [-0.05, 0) is 54.7 Å². The van der Waals surface area contributed by atoms with E-state index in [0.717, 1.165) is 23.4 Å². The normalized spacial score (nSPS) is 23.1. The molecule has 2 aromatic rings. The van der Waals surface area contributed by atoms with E-state index in [1.54, 1.807) is 12.1 Å². The molecule has 0 aromatic heterocycles. The molecule has 1 heterocycles. The van der Waals surface area contributed by atoms with Crippen LogP contribution in [0.2, 0.25) is 5.02 Å². The first-order valence-electron chi connectivity index (χ1n) is 8.72. The number of hydrogen-bond acceptors (Lipinski definition) is 4. The molecular weight excluding hydrogens is 352 g/mol. The number of nitrogens with one attached hydrogen (secondary N) is 1. The highest BCUT2D eigenvalue weighted by Gasteiger charge is 2.38. The molecule has 5 nitrogen and oxygen atoms in total. The van der Waals surface area contributed by atoms with Crippen molar-refractivity contribution >= 4 is 23.0 Å². The van der Waals surface area contributed by atoms with E-state index in [1.165, 1.54) is 5.56 Å². The minimum Gasteiger partial charge on any atom is -0.494 e. The maximum atomic E-state index is 11.3. The molecule has 3 atom stereocenters. The molecule has 1 aliphatic heterocycles. The number of rotatable bonds is 4. The molecule has 0 unspecified atom stereocenters. The van der Waals surface area contributed by atoms with Gasteiger partial charge in [-0.1, -0.05) is 29.8 Å². The van der Waals surface area contributed by atoms with Crippen LogP contribution in [-0.4, -0.2) is 11.5 Å². The summed E-state index contributed by atoms with van der Waals surface area (Å²) >= 11 is 5.98. The Labute approximate surface area is 156 Å². The zero-order valence-electron chi connectivity index (χ0n) is 14.3. The average molecular weight is 371 g/mol. The molecule has 0 spiro atoms. The summed E-state index contributed by atoms with van der Waals surface area (Å²) in [7, 11) is 0. The SMILES string of the molecule is CCOc1ccc2c(c1)[C@@H]1C=CC[C@@H]1[C@H](c1ccc(Cl)c([N+](=O)[O-])c1)N2. The molecule has 0 saturated carbocycles. The summed E-state index contributed by atoms with van der Waals surface area (Å²) in [5.74, 6) is 1.44. The van der Waals surface area contributed by atoms with Gasteiger partial charge in [0.05, 0.1) is 17.6 Å². The van der Waals surface area contributed by atoms with Crippen molar-refractivity contribution in [3.05, 3.63) is 74.8 Å². The molecule has 6 heteroatoms. The number of halogens is 1. The third kappa shape index (κ3) is 2.82. The van der Waals surface area contributed by atoms with Crippen LogP contribution >= 0.6 is 11.6 Å². The second-order valence-electron chi connectivity index (χ2n) is 6.63. The Morgan fingerprint density at radius 3 is 2.92 bits per heavy atom. The number of fused-ring (bicyclic) bond motifs is 3. The minimum absolute atomic E-state index is 0.00332. The van der Waals surface area contributed by atoms with Crippen molar-refractivity contribution in [1.29, 1.82) is 0 Å². The van der Waals surface area contributed by atoms with Crippen LogP contribution in [0.25, 0.3) is 0 Å². The highest BCUT2D eigenvalue weighted by atomic mass is 35.5. The smallest absolute Gasteiger partial charge is 0.288 e. The van der Waals surface area contributed by atoms with Gasteiger partial charge in [0.15, 0.2) is 0 Å². The van der Waals surface area contributed by atoms with E-state index in [0.29, 0.717) is 12.5 Å². The van der Waals surface area contributed by atoms with Crippen LogP contribution in [0, 0.1) is 16.0 Å². The second kappa shape index (κ2) is 6.65. The molecule has 0 radical (unpaired) electrons. The standard InChI is InChI=1S/C20H19ClN2O3/c1-2-26-13-7-9-18-16(11-13)14-4-3-5-15(14)20(22-18)12-6-8-17(21)19(10-12)23(24)25/h3-4,6-11,14-15,20,22H,2,5H2,1H3/t14-,15+,20+/m1/s1. The van der Waals surface area contributed by atoms with Gasteiger partial charge in [-0.3, -0.25) is 10.1 Å². The monoisotopic (exact) mass is 370 g/mol. The predicted octanol–water partition coefficient (Wildman–Crippen LogP) is 5.47. The van der Waals surface area contributed by atoms with E-state index in [-0.39, 0.29) is 22.7 Å². The highest BCUT2D eigenvalue weighted by Crippen LogP contribution is 2.51. The summed E-state index contributed by atoms with van der Waals surface area (Å²) in [5, 5.41) is 15.0. The molecule has 1 aliphatic carbocycles. The first-order valence-corrected chi connectivity index (χ1v) is 9.10. The molecule has 2 aromatic carbocycles. The molecule has 4 rings (SSSR count). The third-order valence-corrected chi connectivity index (χ3v) is 5.49. The van der Waals surface area contributed by atoms with Crippen LogP contribution in [0.1, 0.15) is 36.4 Å². The van der Waals surface area contributed by atoms with Crippen LogP contribution in [0.15, 0.2) is 48.6 Å². The van der Waals surface area contributed by atoms with E-state index >= 15 is 0 Å². The van der Waals surface area contributed by atoms with Gasteiger partial charge < -0.3 is 10.1 Å². The van der Waals surface area contributed by atoms with Crippen LogP contribution < -0.4 is 10.1 Å². The highest BCUT2D eigenvalue weighted by molar-refractivity contribution is 6.32. The van der Waals surface area contributed by atoms with Gasteiger partial charge >= 0.3 is 0 Å². The summed E-state index contributed by atoms with van der Waals surface area (Å²) in [4.78, 5) is 10.8. The first kappa shape index (κ1) is 16.9. The lowest BCUT2D eigenvalue weighted by Gasteiger charge is -2.37. The number of hydrogen-bond donors (Lipinski definition) is 1. The van der Waals surface area contributed by atoms with E-state index in [1.807, 2.05) is 25.1 Å². The molecule has 26 heavy (non-hydrogen) atoms. The van der Waals surface area contributed by atoms with Crippen molar-refractivity contribution < 1.29 is 9.66 Å². The Hall–Kier alpha value is -2.53. The van der Waals surface area contributed by atoms with Gasteiger partial charge in [-0.15, -0.1) is 0 Å². The fourth-order valence-electron chi connectivity index (χ4n) is 4.02. The molecule has 0 fully saturated rings. The van der Waals surface area contributed by atoms with Crippen LogP contribution in [0.3, 0.4) is 0 Å². The van der Waals surface area contributed by atoms with Crippen molar-refractivity contribution in [2.75, 3.05) is 11.9 Å². The molecule has 0 saturated heterocycles. The molecular formula is C20H19ClN2O3. The number of nitro benzene ring substituents is 1. The maximum Gasteiger partial charge on any atom is 0.288 e. The van der Waals surface area contributed by atoms with Gasteiger partial charge in [0.2, 0.25) is 0 Å².